The van der Waals surface area contributed by atoms with Crippen LogP contribution in [0.1, 0.15) is 25.7 Å². The summed E-state index contributed by atoms with van der Waals surface area (Å²) >= 11 is 1.60. The maximum Gasteiger partial charge on any atom is 0.241 e. The van der Waals surface area contributed by atoms with E-state index in [1.165, 1.54) is 0 Å². The van der Waals surface area contributed by atoms with E-state index in [0.29, 0.717) is 24.8 Å². The first-order chi connectivity index (χ1) is 9.12. The molecule has 0 spiro atoms. The first kappa shape index (κ1) is 12.8. The van der Waals surface area contributed by atoms with Crippen molar-refractivity contribution < 1.29 is 9.63 Å². The van der Waals surface area contributed by atoms with Crippen LogP contribution >= 0.6 is 11.3 Å². The second kappa shape index (κ2) is 5.03. The lowest BCUT2D eigenvalue weighted by atomic mass is 9.95. The predicted molar refractivity (Wildman–Crippen MR) is 72.7 cm³/mol. The van der Waals surface area contributed by atoms with Crippen molar-refractivity contribution in [1.29, 1.82) is 0 Å². The van der Waals surface area contributed by atoms with Crippen LogP contribution in [0, 0.1) is 0 Å². The Morgan fingerprint density at radius 3 is 3.21 bits per heavy atom. The Morgan fingerprint density at radius 2 is 2.47 bits per heavy atom. The minimum absolute atomic E-state index is 0.602. The topological polar surface area (TPSA) is 62.4 Å². The highest BCUT2D eigenvalue weighted by Crippen LogP contribution is 2.24. The molecule has 1 aliphatic rings. The highest BCUT2D eigenvalue weighted by atomic mass is 32.1. The van der Waals surface area contributed by atoms with Crippen molar-refractivity contribution in [3.63, 3.8) is 0 Å². The van der Waals surface area contributed by atoms with Gasteiger partial charge in [-0.3, -0.25) is 4.90 Å². The van der Waals surface area contributed by atoms with Crippen LogP contribution in [0.5, 0.6) is 0 Å². The minimum atomic E-state index is -0.602. The highest BCUT2D eigenvalue weighted by molar-refractivity contribution is 7.13. The molecule has 2 aromatic rings. The molecule has 1 N–H and O–H groups in total. The molecule has 1 saturated heterocycles. The van der Waals surface area contributed by atoms with Crippen molar-refractivity contribution in [2.24, 2.45) is 0 Å². The lowest BCUT2D eigenvalue weighted by Crippen LogP contribution is -2.45. The van der Waals surface area contributed by atoms with Gasteiger partial charge in [0.2, 0.25) is 11.7 Å². The number of hydrogen-bond donors (Lipinski definition) is 1. The molecule has 0 bridgehead atoms. The van der Waals surface area contributed by atoms with Crippen LogP contribution in [-0.2, 0) is 6.54 Å². The molecular weight excluding hydrogens is 262 g/mol. The number of nitrogens with zero attached hydrogens (tertiary/aromatic N) is 3. The molecule has 1 fully saturated rings. The Morgan fingerprint density at radius 1 is 1.58 bits per heavy atom. The van der Waals surface area contributed by atoms with Crippen LogP contribution in [0.2, 0.25) is 0 Å². The third-order valence-corrected chi connectivity index (χ3v) is 4.19. The van der Waals surface area contributed by atoms with Gasteiger partial charge in [0.05, 0.1) is 17.0 Å². The zero-order valence-corrected chi connectivity index (χ0v) is 11.7. The molecular formula is C13H17N3O2S. The van der Waals surface area contributed by atoms with Crippen molar-refractivity contribution in [1.82, 2.24) is 15.0 Å². The standard InChI is InChI=1S/C13H17N3O2S/c1-13(17)5-3-6-16(9-13)8-11-14-12(15-18-11)10-4-2-7-19-10/h2,4,7,17H,3,5-6,8-9H2,1H3. The summed E-state index contributed by atoms with van der Waals surface area (Å²) in [6.07, 6.45) is 1.85. The molecule has 1 unspecified atom stereocenters. The van der Waals surface area contributed by atoms with Gasteiger partial charge in [0, 0.05) is 6.54 Å². The van der Waals surface area contributed by atoms with Crippen molar-refractivity contribution in [3.05, 3.63) is 23.4 Å². The van der Waals surface area contributed by atoms with E-state index in [4.69, 9.17) is 4.52 Å². The molecule has 1 atom stereocenters. The van der Waals surface area contributed by atoms with E-state index in [1.54, 1.807) is 11.3 Å². The van der Waals surface area contributed by atoms with Gasteiger partial charge in [-0.25, -0.2) is 0 Å². The van der Waals surface area contributed by atoms with Crippen LogP contribution in [0.4, 0.5) is 0 Å². The number of piperidine rings is 1. The first-order valence-corrected chi connectivity index (χ1v) is 7.32. The molecule has 3 rings (SSSR count). The van der Waals surface area contributed by atoms with E-state index in [2.05, 4.69) is 15.0 Å². The Hall–Kier alpha value is -1.24. The molecule has 0 aliphatic carbocycles. The van der Waals surface area contributed by atoms with E-state index in [-0.39, 0.29) is 0 Å². The van der Waals surface area contributed by atoms with Crippen LogP contribution < -0.4 is 0 Å². The van der Waals surface area contributed by atoms with Crippen LogP contribution in [-0.4, -0.2) is 38.8 Å². The largest absolute Gasteiger partial charge is 0.389 e. The van der Waals surface area contributed by atoms with E-state index >= 15 is 0 Å². The number of aliphatic hydroxyl groups is 1. The Labute approximate surface area is 115 Å². The molecule has 2 aromatic heterocycles. The van der Waals surface area contributed by atoms with Gasteiger partial charge in [0.25, 0.3) is 0 Å². The summed E-state index contributed by atoms with van der Waals surface area (Å²) in [4.78, 5) is 7.58. The summed E-state index contributed by atoms with van der Waals surface area (Å²) in [6.45, 7) is 4.11. The van der Waals surface area contributed by atoms with Crippen molar-refractivity contribution >= 4 is 11.3 Å². The van der Waals surface area contributed by atoms with E-state index in [1.807, 2.05) is 24.4 Å². The fourth-order valence-corrected chi connectivity index (χ4v) is 3.12. The normalized spacial score (nSPS) is 24.7. The molecule has 19 heavy (non-hydrogen) atoms. The average Bonchev–Trinajstić information content (AvgIpc) is 2.96. The van der Waals surface area contributed by atoms with Crippen molar-refractivity contribution in [2.75, 3.05) is 13.1 Å². The van der Waals surface area contributed by atoms with E-state index < -0.39 is 5.60 Å². The lowest BCUT2D eigenvalue weighted by Gasteiger charge is -2.35. The van der Waals surface area contributed by atoms with Gasteiger partial charge < -0.3 is 9.63 Å². The molecule has 1 aliphatic heterocycles. The highest BCUT2D eigenvalue weighted by Gasteiger charge is 2.29. The van der Waals surface area contributed by atoms with Crippen molar-refractivity contribution in [2.45, 2.75) is 31.9 Å². The Bertz CT molecular complexity index is 536. The molecule has 0 saturated carbocycles. The Balaban J connectivity index is 1.67. The maximum absolute atomic E-state index is 10.1. The van der Waals surface area contributed by atoms with Gasteiger partial charge in [-0.2, -0.15) is 4.98 Å². The second-order valence-electron chi connectivity index (χ2n) is 5.30. The number of rotatable bonds is 3. The zero-order valence-electron chi connectivity index (χ0n) is 10.9. The summed E-state index contributed by atoms with van der Waals surface area (Å²) in [5.74, 6) is 1.26. The molecule has 6 heteroatoms. The first-order valence-electron chi connectivity index (χ1n) is 6.44. The summed E-state index contributed by atoms with van der Waals surface area (Å²) in [5, 5.41) is 16.1. The van der Waals surface area contributed by atoms with Gasteiger partial charge in [0.15, 0.2) is 0 Å². The summed E-state index contributed by atoms with van der Waals surface area (Å²) in [7, 11) is 0. The maximum atomic E-state index is 10.1. The Kier molecular flexibility index (Phi) is 3.38. The van der Waals surface area contributed by atoms with Gasteiger partial charge in [-0.05, 0) is 37.8 Å². The van der Waals surface area contributed by atoms with Gasteiger partial charge in [-0.1, -0.05) is 11.2 Å². The monoisotopic (exact) mass is 279 g/mol. The van der Waals surface area contributed by atoms with E-state index in [0.717, 1.165) is 24.3 Å². The lowest BCUT2D eigenvalue weighted by molar-refractivity contribution is -0.0207. The number of hydrogen-bond acceptors (Lipinski definition) is 6. The fourth-order valence-electron chi connectivity index (χ4n) is 2.47. The third kappa shape index (κ3) is 3.02. The number of thiophene rings is 1. The van der Waals surface area contributed by atoms with E-state index in [9.17, 15) is 5.11 Å². The third-order valence-electron chi connectivity index (χ3n) is 3.32. The SMILES string of the molecule is CC1(O)CCCN(Cc2nc(-c3cccs3)no2)C1. The average molecular weight is 279 g/mol. The quantitative estimate of drug-likeness (QED) is 0.932. The number of β-amino-alcohol motifs (C(OH)–C–C–N with tert-alkyl or cyclic N) is 1. The second-order valence-corrected chi connectivity index (χ2v) is 6.25. The van der Waals surface area contributed by atoms with Gasteiger partial charge >= 0.3 is 0 Å². The molecule has 3 heterocycles. The molecule has 0 aromatic carbocycles. The van der Waals surface area contributed by atoms with Crippen molar-refractivity contribution in [3.8, 4) is 10.7 Å². The zero-order chi connectivity index (χ0) is 13.3. The molecule has 0 amide bonds. The number of aromatic nitrogens is 2. The minimum Gasteiger partial charge on any atom is -0.389 e. The van der Waals surface area contributed by atoms with Gasteiger partial charge in [0.1, 0.15) is 0 Å². The summed E-state index contributed by atoms with van der Waals surface area (Å²) in [6, 6.07) is 3.95. The summed E-state index contributed by atoms with van der Waals surface area (Å²) < 4.78 is 5.28. The summed E-state index contributed by atoms with van der Waals surface area (Å²) in [5.41, 5.74) is -0.602. The fraction of sp³-hybridized carbons (Fsp3) is 0.538. The molecule has 102 valence electrons. The number of likely N-dealkylation sites (tertiary alicyclic amines) is 1. The predicted octanol–water partition coefficient (Wildman–Crippen LogP) is 2.14. The van der Waals surface area contributed by atoms with Crippen LogP contribution in [0.3, 0.4) is 0 Å². The molecule has 0 radical (unpaired) electrons. The van der Waals surface area contributed by atoms with Gasteiger partial charge in [-0.15, -0.1) is 11.3 Å². The van der Waals surface area contributed by atoms with Crippen LogP contribution in [0.25, 0.3) is 10.7 Å². The smallest absolute Gasteiger partial charge is 0.241 e. The molecule has 5 nitrogen and oxygen atoms in total. The van der Waals surface area contributed by atoms with Crippen LogP contribution in [0.15, 0.2) is 22.0 Å².